The fraction of sp³-hybridized carbons (Fsp3) is 0.412. The first-order valence-corrected chi connectivity index (χ1v) is 37.3. The van der Waals surface area contributed by atoms with Crippen LogP contribution in [0.15, 0.2) is 147 Å². The van der Waals surface area contributed by atoms with Gasteiger partial charge < -0.3 is 50.2 Å². The van der Waals surface area contributed by atoms with Gasteiger partial charge in [0.05, 0.1) is 42.6 Å². The molecule has 0 aliphatic carbocycles. The molecule has 562 valence electrons. The number of rotatable bonds is 21. The highest BCUT2D eigenvalue weighted by Gasteiger charge is 2.43. The highest BCUT2D eigenvalue weighted by atomic mass is 79.9. The molecule has 3 fully saturated rings. The minimum atomic E-state index is -1.78. The molecule has 6 N–H and O–H groups in total. The third-order valence-electron chi connectivity index (χ3n) is 16.9. The van der Waals surface area contributed by atoms with Crippen LogP contribution in [0.3, 0.4) is 0 Å². The van der Waals surface area contributed by atoms with Crippen molar-refractivity contribution in [3.8, 4) is 0 Å². The van der Waals surface area contributed by atoms with E-state index in [1.165, 1.54) is 86.3 Å². The van der Waals surface area contributed by atoms with Crippen LogP contribution in [0, 0.1) is 17.5 Å². The molecule has 37 heteroatoms. The molecule has 9 heterocycles. The van der Waals surface area contributed by atoms with E-state index in [1.807, 2.05) is 4.90 Å². The fourth-order valence-electron chi connectivity index (χ4n) is 12.1. The van der Waals surface area contributed by atoms with Crippen LogP contribution in [0.1, 0.15) is 77.0 Å². The Morgan fingerprint density at radius 2 is 0.876 bits per heavy atom. The number of carboxylic acid groups (broad SMARTS) is 1. The number of alkyl halides is 5. The number of esters is 3. The highest BCUT2D eigenvalue weighted by molar-refractivity contribution is 9.10. The fourth-order valence-corrected chi connectivity index (χ4v) is 15.3. The molecule has 0 bridgehead atoms. The van der Waals surface area contributed by atoms with Gasteiger partial charge in [0.15, 0.2) is 32.5 Å². The second-order valence-electron chi connectivity index (χ2n) is 24.1. The number of likely N-dealkylation sites (tertiary alicyclic amines) is 3. The summed E-state index contributed by atoms with van der Waals surface area (Å²) in [5.41, 5.74) is 3.01. The van der Waals surface area contributed by atoms with Crippen LogP contribution in [0.5, 0.6) is 0 Å². The minimum absolute atomic E-state index is 0.0137. The normalized spacial score (nSPS) is 24.5. The first-order valence-electron chi connectivity index (χ1n) is 32.7. The molecule has 6 aliphatic rings. The van der Waals surface area contributed by atoms with Crippen molar-refractivity contribution in [3.05, 3.63) is 186 Å². The number of halogens is 11. The predicted molar refractivity (Wildman–Crippen MR) is 382 cm³/mol. The van der Waals surface area contributed by atoms with Crippen molar-refractivity contribution in [3.63, 3.8) is 0 Å². The van der Waals surface area contributed by atoms with Crippen molar-refractivity contribution in [1.29, 1.82) is 0 Å². The number of ether oxygens (including phenoxy) is 4. The molecule has 0 amide bonds. The molecule has 3 aromatic carbocycles. The van der Waals surface area contributed by atoms with Crippen LogP contribution in [-0.4, -0.2) is 221 Å². The molecule has 105 heavy (non-hydrogen) atoms. The molecule has 23 nitrogen and oxygen atoms in total. The molecule has 6 unspecified atom stereocenters. The summed E-state index contributed by atoms with van der Waals surface area (Å²) < 4.78 is 135. The number of carboxylic acids is 1. The second-order valence-corrected chi connectivity index (χ2v) is 28.9. The van der Waals surface area contributed by atoms with Gasteiger partial charge in [0.2, 0.25) is 0 Å². The van der Waals surface area contributed by atoms with Crippen molar-refractivity contribution in [2.75, 3.05) is 85.3 Å². The Morgan fingerprint density at radius 3 is 1.20 bits per heavy atom. The summed E-state index contributed by atoms with van der Waals surface area (Å²) in [5.74, 6) is -3.44. The summed E-state index contributed by atoms with van der Waals surface area (Å²) >= 11 is 17.0. The summed E-state index contributed by atoms with van der Waals surface area (Å²) in [5, 5.41) is 44.5. The van der Waals surface area contributed by atoms with Crippen molar-refractivity contribution in [1.82, 2.24) is 45.6 Å². The summed E-state index contributed by atoms with van der Waals surface area (Å²) in [6.45, 7) is 4.36. The number of amidine groups is 3. The molecule has 3 saturated heterocycles. The maximum Gasteiger partial charge on any atom is 0.338 e. The van der Waals surface area contributed by atoms with Crippen LogP contribution in [0.4, 0.5) is 35.1 Å². The number of benzene rings is 3. The Morgan fingerprint density at radius 1 is 0.533 bits per heavy atom. The number of aliphatic carboxylic acids is 1. The zero-order valence-corrected chi connectivity index (χ0v) is 62.3. The summed E-state index contributed by atoms with van der Waals surface area (Å²) in [6, 6.07) is 9.25. The molecule has 6 aliphatic heterocycles. The molecule has 12 rings (SSSR count). The lowest BCUT2D eigenvalue weighted by Crippen LogP contribution is -2.53. The van der Waals surface area contributed by atoms with Gasteiger partial charge in [-0.25, -0.2) is 69.3 Å². The van der Waals surface area contributed by atoms with Crippen LogP contribution in [-0.2, 0) is 38.1 Å². The molecule has 6 aromatic rings. The summed E-state index contributed by atoms with van der Waals surface area (Å²) in [7, 11) is 0. The minimum Gasteiger partial charge on any atom is -0.480 e. The van der Waals surface area contributed by atoms with E-state index in [4.69, 9.17) is 45.6 Å². The SMILES string of the molecule is CCOC(=O)C1=C(CN2CC(F)C(O)C(F)C2)NC(c2nccs2)=N[C@H]1c1ccc(F)cc1Br.CCOC(=O)C1=C(CN2CC(F)C(O)C(F)C2)NC(c2nccs2)=N[C@H]1c1ccc(F)cc1Cl.CCOC(=O)C1=C(CN2CCC(OCC(=O)O)C(F)C2)NC(c2nccs2)=N[C@H]1c1ccc(F)cc1Br. The third-order valence-corrected chi connectivity index (χ3v) is 20.9. The second kappa shape index (κ2) is 36.9. The average molecular weight is 1670 g/mol. The number of aliphatic hydroxyl groups is 2. The Bertz CT molecular complexity index is 4090. The first kappa shape index (κ1) is 80.1. The van der Waals surface area contributed by atoms with Crippen molar-refractivity contribution in [2.45, 2.75) is 94.5 Å². The topological polar surface area (TPSA) is 287 Å². The van der Waals surface area contributed by atoms with E-state index >= 15 is 0 Å². The number of aliphatic hydroxyl groups excluding tert-OH is 2. The maximum atomic E-state index is 14.9. The van der Waals surface area contributed by atoms with Gasteiger partial charge in [-0.15, -0.1) is 34.0 Å². The van der Waals surface area contributed by atoms with Crippen LogP contribution >= 0.6 is 77.5 Å². The maximum absolute atomic E-state index is 14.9. The number of thiazole rings is 3. The van der Waals surface area contributed by atoms with E-state index < -0.39 is 115 Å². The Balaban J connectivity index is 0.000000169. The number of nitrogens with zero attached hydrogens (tertiary/aromatic N) is 9. The quantitative estimate of drug-likeness (QED) is 0.0222. The zero-order valence-electron chi connectivity index (χ0n) is 55.9. The van der Waals surface area contributed by atoms with Gasteiger partial charge in [-0.05, 0) is 74.7 Å². The molecule has 3 aromatic heterocycles. The number of hydrogen-bond donors (Lipinski definition) is 6. The number of aromatic nitrogens is 3. The number of carbonyl (C=O) groups is 4. The zero-order chi connectivity index (χ0) is 75.3. The van der Waals surface area contributed by atoms with E-state index in [0.29, 0.717) is 81.8 Å². The number of carbonyl (C=O) groups excluding carboxylic acids is 3. The van der Waals surface area contributed by atoms with Gasteiger partial charge in [-0.1, -0.05) is 61.7 Å². The van der Waals surface area contributed by atoms with Gasteiger partial charge in [0.25, 0.3) is 0 Å². The molecular weight excluding hydrogens is 1600 g/mol. The molecule has 0 saturated carbocycles. The van der Waals surface area contributed by atoms with Crippen LogP contribution < -0.4 is 16.0 Å². The van der Waals surface area contributed by atoms with E-state index in [2.05, 4.69) is 67.8 Å². The molecule has 0 radical (unpaired) electrons. The van der Waals surface area contributed by atoms with Gasteiger partial charge in [-0.3, -0.25) is 29.7 Å². The smallest absolute Gasteiger partial charge is 0.338 e. The van der Waals surface area contributed by atoms with Crippen molar-refractivity contribution in [2.24, 2.45) is 15.0 Å². The number of piperidine rings is 3. The molecule has 0 spiro atoms. The Kier molecular flexibility index (Phi) is 28.1. The third kappa shape index (κ3) is 20.0. The first-order chi connectivity index (χ1) is 50.3. The van der Waals surface area contributed by atoms with Crippen molar-refractivity contribution >= 4 is 119 Å². The van der Waals surface area contributed by atoms with E-state index in [0.717, 1.165) is 6.07 Å². The predicted octanol–water partition coefficient (Wildman–Crippen LogP) is 9.97. The Labute approximate surface area is 630 Å². The van der Waals surface area contributed by atoms with Crippen molar-refractivity contribution < 1.29 is 88.6 Å². The summed E-state index contributed by atoms with van der Waals surface area (Å²) in [6.07, 6.45) is -7.62. The monoisotopic (exact) mass is 1670 g/mol. The molecular formula is C68H69Br2ClF8N12O11S3. The average Bonchev–Trinajstić information content (AvgIpc) is 1.14. The van der Waals surface area contributed by atoms with Gasteiger partial charge >= 0.3 is 23.9 Å². The van der Waals surface area contributed by atoms with E-state index in [1.54, 1.807) is 61.6 Å². The standard InChI is InChI=1S/C24H25BrF2N4O5S.C22H22BrF3N4O3S.C22H22ClF3N4O3S/c1-2-35-24(34)20-17(11-31-7-5-18(16(27)10-31)36-12-19(32)33)29-22(23-28-6-8-37-23)30-21(20)14-4-3-13(26)9-15(14)25;2*1-2-33-22(32)17-16(10-30-8-14(25)19(31)15(26)9-30)28-20(21-27-5-6-34-21)29-18(17)12-4-3-11(24)7-13(12)23/h3-4,6,8-9,16,18,21H,2,5,7,10-12H2,1H3,(H,29,30)(H,32,33);2*3-7,14-15,18-19,31H,2,8-10H2,1H3,(H,28,29)/t16?,18?,21-;2*14?,15?,18-,19?/m000/s1. The van der Waals surface area contributed by atoms with E-state index in [-0.39, 0.29) is 100 Å². The number of aliphatic imine (C=N–C) groups is 3. The number of hydrogen-bond acceptors (Lipinski definition) is 25. The lowest BCUT2D eigenvalue weighted by molar-refractivity contribution is -0.147. The van der Waals surface area contributed by atoms with E-state index in [9.17, 15) is 64.5 Å². The van der Waals surface area contributed by atoms with Gasteiger partial charge in [-0.2, -0.15) is 0 Å². The largest absolute Gasteiger partial charge is 0.480 e. The molecule has 9 atom stereocenters. The number of nitrogens with one attached hydrogen (secondary N) is 3. The highest BCUT2D eigenvalue weighted by Crippen LogP contribution is 2.41. The Hall–Kier alpha value is -7.49. The van der Waals surface area contributed by atoms with Crippen LogP contribution in [0.25, 0.3) is 0 Å². The van der Waals surface area contributed by atoms with Gasteiger partial charge in [0.1, 0.15) is 85.3 Å². The summed E-state index contributed by atoms with van der Waals surface area (Å²) in [4.78, 5) is 81.8. The lowest BCUT2D eigenvalue weighted by atomic mass is 9.94. The van der Waals surface area contributed by atoms with Crippen LogP contribution in [0.2, 0.25) is 5.02 Å². The lowest BCUT2D eigenvalue weighted by Gasteiger charge is -2.36. The van der Waals surface area contributed by atoms with Gasteiger partial charge in [0, 0.05) is 130 Å².